The first-order chi connectivity index (χ1) is 7.51. The van der Waals surface area contributed by atoms with E-state index in [1.807, 2.05) is 0 Å². The van der Waals surface area contributed by atoms with Gasteiger partial charge in [0.05, 0.1) is 10.6 Å². The topological polar surface area (TPSA) is 80.4 Å². The van der Waals surface area contributed by atoms with E-state index in [0.717, 1.165) is 5.56 Å². The zero-order chi connectivity index (χ0) is 12.2. The summed E-state index contributed by atoms with van der Waals surface area (Å²) in [5.41, 5.74) is 6.62. The van der Waals surface area contributed by atoms with Crippen LogP contribution in [0.1, 0.15) is 24.9 Å². The van der Waals surface area contributed by atoms with Gasteiger partial charge < -0.3 is 10.8 Å². The minimum absolute atomic E-state index is 0.0240. The van der Waals surface area contributed by atoms with Gasteiger partial charge in [-0.05, 0) is 24.1 Å². The molecule has 0 saturated carbocycles. The van der Waals surface area contributed by atoms with Gasteiger partial charge in [0.2, 0.25) is 0 Å². The summed E-state index contributed by atoms with van der Waals surface area (Å²) in [5.74, 6) is 0.0923. The number of nitrogens with two attached hydrogens (primary N) is 1. The molecule has 5 heteroatoms. The molecule has 0 radical (unpaired) electrons. The van der Waals surface area contributed by atoms with Gasteiger partial charge >= 0.3 is 0 Å². The lowest BCUT2D eigenvalue weighted by atomic mass is 10.1. The van der Waals surface area contributed by atoms with Crippen LogP contribution in [0.3, 0.4) is 0 Å². The van der Waals surface area contributed by atoms with Gasteiger partial charge in [-0.2, -0.15) is 0 Å². The largest absolute Gasteiger partial charge is 0.396 e. The lowest BCUT2D eigenvalue weighted by Gasteiger charge is -2.10. The molecule has 0 aromatic heterocycles. The molecule has 1 aromatic carbocycles. The molecule has 0 saturated heterocycles. The van der Waals surface area contributed by atoms with Gasteiger partial charge in [-0.25, -0.2) is 8.42 Å². The normalized spacial score (nSPS) is 13.7. The van der Waals surface area contributed by atoms with Crippen LogP contribution in [0.15, 0.2) is 29.2 Å². The van der Waals surface area contributed by atoms with Crippen LogP contribution in [0, 0.1) is 0 Å². The summed E-state index contributed by atoms with van der Waals surface area (Å²) >= 11 is 0. The van der Waals surface area contributed by atoms with Crippen molar-refractivity contribution in [2.24, 2.45) is 5.73 Å². The van der Waals surface area contributed by atoms with Gasteiger partial charge in [-0.15, -0.1) is 0 Å². The molecular weight excluding hydrogens is 226 g/mol. The Kier molecular flexibility index (Phi) is 4.46. The minimum Gasteiger partial charge on any atom is -0.396 e. The molecule has 0 aliphatic rings. The van der Waals surface area contributed by atoms with Crippen LogP contribution in [0.2, 0.25) is 0 Å². The molecule has 1 atom stereocenters. The summed E-state index contributed by atoms with van der Waals surface area (Å²) < 4.78 is 23.1. The molecule has 90 valence electrons. The van der Waals surface area contributed by atoms with E-state index in [-0.39, 0.29) is 18.4 Å². The van der Waals surface area contributed by atoms with E-state index >= 15 is 0 Å². The first-order valence-corrected chi connectivity index (χ1v) is 6.85. The number of hydrogen-bond donors (Lipinski definition) is 2. The molecule has 0 bridgehead atoms. The van der Waals surface area contributed by atoms with Gasteiger partial charge in [-0.1, -0.05) is 19.1 Å². The van der Waals surface area contributed by atoms with E-state index in [4.69, 9.17) is 10.8 Å². The van der Waals surface area contributed by atoms with E-state index in [2.05, 4.69) is 0 Å². The fourth-order valence-electron chi connectivity index (χ4n) is 1.39. The molecule has 0 fully saturated rings. The van der Waals surface area contributed by atoms with Gasteiger partial charge in [0.1, 0.15) is 0 Å². The maximum Gasteiger partial charge on any atom is 0.178 e. The highest BCUT2D eigenvalue weighted by molar-refractivity contribution is 7.91. The summed E-state index contributed by atoms with van der Waals surface area (Å²) in [6.45, 7) is 1.64. The second-order valence-electron chi connectivity index (χ2n) is 3.59. The van der Waals surface area contributed by atoms with Gasteiger partial charge in [0, 0.05) is 12.6 Å². The van der Waals surface area contributed by atoms with Crippen molar-refractivity contribution in [1.29, 1.82) is 0 Å². The highest BCUT2D eigenvalue weighted by Gasteiger charge is 2.12. The average Bonchev–Trinajstić information content (AvgIpc) is 2.29. The van der Waals surface area contributed by atoms with Crippen molar-refractivity contribution < 1.29 is 13.5 Å². The zero-order valence-electron chi connectivity index (χ0n) is 9.26. The van der Waals surface area contributed by atoms with Crippen LogP contribution in [-0.4, -0.2) is 25.9 Å². The van der Waals surface area contributed by atoms with E-state index in [1.54, 1.807) is 31.2 Å². The number of hydrogen-bond acceptors (Lipinski definition) is 4. The summed E-state index contributed by atoms with van der Waals surface area (Å²) in [6, 6.07) is 6.27. The Morgan fingerprint density at radius 3 is 2.31 bits per heavy atom. The number of sulfone groups is 1. The van der Waals surface area contributed by atoms with Crippen molar-refractivity contribution >= 4 is 9.84 Å². The van der Waals surface area contributed by atoms with Crippen LogP contribution < -0.4 is 5.73 Å². The van der Waals surface area contributed by atoms with E-state index in [9.17, 15) is 8.42 Å². The summed E-state index contributed by atoms with van der Waals surface area (Å²) in [7, 11) is -3.14. The SMILES string of the molecule is CCS(=O)(=O)c1ccc(C(N)CCO)cc1. The Hall–Kier alpha value is -0.910. The molecule has 0 amide bonds. The Bertz CT molecular complexity index is 425. The maximum absolute atomic E-state index is 11.5. The molecule has 1 aromatic rings. The number of aliphatic hydroxyl groups is 1. The third-order valence-electron chi connectivity index (χ3n) is 2.49. The van der Waals surface area contributed by atoms with Gasteiger partial charge in [0.25, 0.3) is 0 Å². The molecule has 1 unspecified atom stereocenters. The monoisotopic (exact) mass is 243 g/mol. The van der Waals surface area contributed by atoms with Crippen LogP contribution in [0.25, 0.3) is 0 Å². The smallest absolute Gasteiger partial charge is 0.178 e. The molecule has 4 nitrogen and oxygen atoms in total. The van der Waals surface area contributed by atoms with Crippen molar-refractivity contribution in [3.05, 3.63) is 29.8 Å². The number of benzene rings is 1. The standard InChI is InChI=1S/C11H17NO3S/c1-2-16(14,15)10-5-3-9(4-6-10)11(12)7-8-13/h3-6,11,13H,2,7-8,12H2,1H3. The Morgan fingerprint density at radius 2 is 1.88 bits per heavy atom. The molecular formula is C11H17NO3S. The summed E-state index contributed by atoms with van der Waals surface area (Å²) in [6.07, 6.45) is 0.472. The minimum atomic E-state index is -3.14. The molecule has 0 heterocycles. The quantitative estimate of drug-likeness (QED) is 0.804. The summed E-state index contributed by atoms with van der Waals surface area (Å²) in [4.78, 5) is 0.315. The number of rotatable bonds is 5. The third-order valence-corrected chi connectivity index (χ3v) is 4.24. The zero-order valence-corrected chi connectivity index (χ0v) is 10.1. The van der Waals surface area contributed by atoms with E-state index < -0.39 is 9.84 Å². The lowest BCUT2D eigenvalue weighted by Crippen LogP contribution is -2.12. The Balaban J connectivity index is 2.91. The van der Waals surface area contributed by atoms with Crippen LogP contribution >= 0.6 is 0 Å². The van der Waals surface area contributed by atoms with Crippen LogP contribution in [0.4, 0.5) is 0 Å². The van der Waals surface area contributed by atoms with Crippen LogP contribution in [-0.2, 0) is 9.84 Å². The van der Waals surface area contributed by atoms with Crippen LogP contribution in [0.5, 0.6) is 0 Å². The predicted molar refractivity (Wildman–Crippen MR) is 62.8 cm³/mol. The predicted octanol–water partition coefficient (Wildman–Crippen LogP) is 0.862. The molecule has 0 aliphatic carbocycles. The Labute approximate surface area is 96.0 Å². The molecule has 3 N–H and O–H groups in total. The highest BCUT2D eigenvalue weighted by Crippen LogP contribution is 2.17. The summed E-state index contributed by atoms with van der Waals surface area (Å²) in [5, 5.41) is 8.74. The van der Waals surface area contributed by atoms with Crippen molar-refractivity contribution in [3.63, 3.8) is 0 Å². The highest BCUT2D eigenvalue weighted by atomic mass is 32.2. The van der Waals surface area contributed by atoms with E-state index in [0.29, 0.717) is 11.3 Å². The first kappa shape index (κ1) is 13.2. The fraction of sp³-hybridized carbons (Fsp3) is 0.455. The molecule has 16 heavy (non-hydrogen) atoms. The third kappa shape index (κ3) is 3.04. The van der Waals surface area contributed by atoms with E-state index in [1.165, 1.54) is 0 Å². The maximum atomic E-state index is 11.5. The molecule has 1 rings (SSSR count). The average molecular weight is 243 g/mol. The van der Waals surface area contributed by atoms with Crippen molar-refractivity contribution in [2.45, 2.75) is 24.3 Å². The van der Waals surface area contributed by atoms with Gasteiger partial charge in [-0.3, -0.25) is 0 Å². The van der Waals surface area contributed by atoms with Crippen molar-refractivity contribution in [2.75, 3.05) is 12.4 Å². The fourth-order valence-corrected chi connectivity index (χ4v) is 2.28. The lowest BCUT2D eigenvalue weighted by molar-refractivity contribution is 0.276. The molecule has 0 spiro atoms. The van der Waals surface area contributed by atoms with Gasteiger partial charge in [0.15, 0.2) is 9.84 Å². The number of aliphatic hydroxyl groups excluding tert-OH is 1. The second-order valence-corrected chi connectivity index (χ2v) is 5.87. The van der Waals surface area contributed by atoms with Crippen molar-refractivity contribution in [3.8, 4) is 0 Å². The molecule has 0 aliphatic heterocycles. The Morgan fingerprint density at radius 1 is 1.31 bits per heavy atom. The van der Waals surface area contributed by atoms with Crippen molar-refractivity contribution in [1.82, 2.24) is 0 Å². The first-order valence-electron chi connectivity index (χ1n) is 5.20. The second kappa shape index (κ2) is 5.43.